The molecule has 92 valence electrons. The summed E-state index contributed by atoms with van der Waals surface area (Å²) >= 11 is 0. The van der Waals surface area contributed by atoms with Crippen LogP contribution < -0.4 is 5.73 Å². The maximum absolute atomic E-state index is 12.4. The minimum atomic E-state index is -0.300. The molecule has 1 aromatic rings. The zero-order valence-electron chi connectivity index (χ0n) is 10.2. The van der Waals surface area contributed by atoms with Gasteiger partial charge in [0.25, 0.3) is 0 Å². The average Bonchev–Trinajstić information content (AvgIpc) is 3.03. The van der Waals surface area contributed by atoms with Crippen molar-refractivity contribution in [2.45, 2.75) is 19.9 Å². The first-order chi connectivity index (χ1) is 8.50. The Balaban J connectivity index is 2.17. The number of allylic oxidation sites excluding steroid dienone is 2. The molecule has 2 N–H and O–H groups in total. The molecule has 0 bridgehead atoms. The number of aromatic nitrogens is 1. The predicted octanol–water partition coefficient (Wildman–Crippen LogP) is 0.643. The molecule has 5 heteroatoms. The minimum absolute atomic E-state index is 0.0440. The van der Waals surface area contributed by atoms with E-state index in [1.807, 2.05) is 11.8 Å². The molecule has 0 radical (unpaired) electrons. The molecule has 0 saturated carbocycles. The van der Waals surface area contributed by atoms with Gasteiger partial charge in [-0.25, -0.2) is 4.98 Å². The largest absolute Gasteiger partial charge is 0.394 e. The van der Waals surface area contributed by atoms with Crippen molar-refractivity contribution >= 4 is 11.6 Å². The highest BCUT2D eigenvalue weighted by atomic mass is 16.1. The Morgan fingerprint density at radius 1 is 1.33 bits per heavy atom. The number of Topliss-reactive ketones (excluding diaryl/α,β-unsaturated/α-hetero) is 2. The number of carbonyl (C=O) groups excluding carboxylic acids is 2. The number of carbonyl (C=O) groups is 2. The fourth-order valence-corrected chi connectivity index (χ4v) is 2.23. The zero-order chi connectivity index (χ0) is 13.0. The Morgan fingerprint density at radius 3 is 2.61 bits per heavy atom. The van der Waals surface area contributed by atoms with Gasteiger partial charge in [0.2, 0.25) is 11.6 Å². The quantitative estimate of drug-likeness (QED) is 0.733. The van der Waals surface area contributed by atoms with Gasteiger partial charge in [-0.1, -0.05) is 0 Å². The van der Waals surface area contributed by atoms with E-state index in [0.717, 1.165) is 6.54 Å². The number of pyridine rings is 1. The van der Waals surface area contributed by atoms with Crippen LogP contribution in [0, 0.1) is 6.92 Å². The monoisotopic (exact) mass is 243 g/mol. The number of fused-ring (bicyclic) bond motifs is 1. The lowest BCUT2D eigenvalue weighted by molar-refractivity contribution is 0.0954. The van der Waals surface area contributed by atoms with E-state index in [1.165, 1.54) is 0 Å². The molecular formula is C13H13N3O2. The SMILES string of the molecule is Cc1ccc2c(n1)C(=O)C(N1CC1C)=C(N)C2=O. The van der Waals surface area contributed by atoms with Crippen molar-refractivity contribution < 1.29 is 9.59 Å². The molecule has 1 atom stereocenters. The highest BCUT2D eigenvalue weighted by Gasteiger charge is 2.42. The number of hydrogen-bond acceptors (Lipinski definition) is 5. The van der Waals surface area contributed by atoms with E-state index in [1.54, 1.807) is 19.1 Å². The van der Waals surface area contributed by atoms with Crippen molar-refractivity contribution in [3.63, 3.8) is 0 Å². The van der Waals surface area contributed by atoms with Crippen LogP contribution in [0.15, 0.2) is 23.5 Å². The lowest BCUT2D eigenvalue weighted by Crippen LogP contribution is -2.31. The Morgan fingerprint density at radius 2 is 2.00 bits per heavy atom. The second-order valence-corrected chi connectivity index (χ2v) is 4.77. The van der Waals surface area contributed by atoms with Crippen molar-refractivity contribution in [3.05, 3.63) is 40.5 Å². The molecule has 1 aliphatic carbocycles. The summed E-state index contributed by atoms with van der Waals surface area (Å²) < 4.78 is 0. The summed E-state index contributed by atoms with van der Waals surface area (Å²) in [5.41, 5.74) is 7.42. The molecule has 18 heavy (non-hydrogen) atoms. The summed E-state index contributed by atoms with van der Waals surface area (Å²) in [6, 6.07) is 3.59. The maximum atomic E-state index is 12.4. The third-order valence-electron chi connectivity index (χ3n) is 3.36. The fraction of sp³-hybridized carbons (Fsp3) is 0.308. The van der Waals surface area contributed by atoms with Gasteiger partial charge in [0.1, 0.15) is 17.1 Å². The molecule has 0 spiro atoms. The molecule has 0 aromatic carbocycles. The molecule has 2 heterocycles. The summed E-state index contributed by atoms with van der Waals surface area (Å²) in [6.45, 7) is 4.53. The Bertz CT molecular complexity index is 619. The molecule has 0 amide bonds. The van der Waals surface area contributed by atoms with Crippen molar-refractivity contribution in [2.75, 3.05) is 6.54 Å². The molecule has 1 aromatic heterocycles. The smallest absolute Gasteiger partial charge is 0.230 e. The predicted molar refractivity (Wildman–Crippen MR) is 65.0 cm³/mol. The molecule has 1 unspecified atom stereocenters. The zero-order valence-corrected chi connectivity index (χ0v) is 10.2. The van der Waals surface area contributed by atoms with Crippen LogP contribution in [0.2, 0.25) is 0 Å². The molecule has 3 rings (SSSR count). The Hall–Kier alpha value is -2.17. The second kappa shape index (κ2) is 3.41. The van der Waals surface area contributed by atoms with Gasteiger partial charge < -0.3 is 10.6 Å². The Kier molecular flexibility index (Phi) is 2.08. The third kappa shape index (κ3) is 1.37. The highest BCUT2D eigenvalue weighted by Crippen LogP contribution is 2.32. The number of nitrogens with two attached hydrogens (primary N) is 1. The molecule has 1 aliphatic heterocycles. The van der Waals surface area contributed by atoms with Crippen molar-refractivity contribution in [1.82, 2.24) is 9.88 Å². The molecular weight excluding hydrogens is 230 g/mol. The second-order valence-electron chi connectivity index (χ2n) is 4.77. The van der Waals surface area contributed by atoms with Crippen LogP contribution in [-0.4, -0.2) is 34.0 Å². The van der Waals surface area contributed by atoms with E-state index < -0.39 is 0 Å². The lowest BCUT2D eigenvalue weighted by atomic mass is 9.94. The number of ketones is 2. The first-order valence-corrected chi connectivity index (χ1v) is 5.84. The third-order valence-corrected chi connectivity index (χ3v) is 3.36. The van der Waals surface area contributed by atoms with E-state index in [2.05, 4.69) is 4.98 Å². The van der Waals surface area contributed by atoms with E-state index >= 15 is 0 Å². The number of aryl methyl sites for hydroxylation is 1. The van der Waals surface area contributed by atoms with Crippen molar-refractivity contribution in [2.24, 2.45) is 5.73 Å². The van der Waals surface area contributed by atoms with Crippen LogP contribution in [0.4, 0.5) is 0 Å². The first-order valence-electron chi connectivity index (χ1n) is 5.84. The maximum Gasteiger partial charge on any atom is 0.230 e. The topological polar surface area (TPSA) is 76.1 Å². The van der Waals surface area contributed by atoms with Crippen molar-refractivity contribution in [1.29, 1.82) is 0 Å². The lowest BCUT2D eigenvalue weighted by Gasteiger charge is -2.19. The van der Waals surface area contributed by atoms with Gasteiger partial charge in [0.05, 0.1) is 5.56 Å². The Labute approximate surface area is 104 Å². The summed E-state index contributed by atoms with van der Waals surface area (Å²) in [6.07, 6.45) is 0. The minimum Gasteiger partial charge on any atom is -0.394 e. The van der Waals surface area contributed by atoms with Gasteiger partial charge in [-0.2, -0.15) is 0 Å². The first kappa shape index (κ1) is 11.0. The van der Waals surface area contributed by atoms with Crippen LogP contribution in [0.5, 0.6) is 0 Å². The summed E-state index contributed by atoms with van der Waals surface area (Å²) in [7, 11) is 0. The van der Waals surface area contributed by atoms with E-state index in [0.29, 0.717) is 17.0 Å². The number of rotatable bonds is 1. The van der Waals surface area contributed by atoms with Crippen LogP contribution >= 0.6 is 0 Å². The number of hydrogen-bond donors (Lipinski definition) is 1. The normalized spacial score (nSPS) is 22.3. The molecule has 1 fully saturated rings. The van der Waals surface area contributed by atoms with Crippen LogP contribution in [0.3, 0.4) is 0 Å². The van der Waals surface area contributed by atoms with Crippen molar-refractivity contribution in [3.8, 4) is 0 Å². The summed E-state index contributed by atoms with van der Waals surface area (Å²) in [5.74, 6) is -0.540. The van der Waals surface area contributed by atoms with E-state index in [4.69, 9.17) is 5.73 Å². The van der Waals surface area contributed by atoms with E-state index in [9.17, 15) is 9.59 Å². The van der Waals surface area contributed by atoms with Crippen LogP contribution in [0.25, 0.3) is 0 Å². The molecule has 1 saturated heterocycles. The highest BCUT2D eigenvalue weighted by molar-refractivity contribution is 6.25. The van der Waals surface area contributed by atoms with Gasteiger partial charge >= 0.3 is 0 Å². The average molecular weight is 243 g/mol. The molecule has 2 aliphatic rings. The van der Waals surface area contributed by atoms with Crippen LogP contribution in [-0.2, 0) is 0 Å². The van der Waals surface area contributed by atoms with E-state index in [-0.39, 0.29) is 29.0 Å². The van der Waals surface area contributed by atoms with Gasteiger partial charge in [-0.3, -0.25) is 9.59 Å². The number of nitrogens with zero attached hydrogens (tertiary/aromatic N) is 2. The molecule has 5 nitrogen and oxygen atoms in total. The standard InChI is InChI=1S/C13H13N3O2/c1-6-3-4-8-10(15-6)13(18)11(9(14)12(8)17)16-5-7(16)2/h3-4,7H,5,14H2,1-2H3. The summed E-state index contributed by atoms with van der Waals surface area (Å²) in [5, 5.41) is 0. The fourth-order valence-electron chi connectivity index (χ4n) is 2.23. The van der Waals surface area contributed by atoms with Gasteiger partial charge in [0.15, 0.2) is 0 Å². The van der Waals surface area contributed by atoms with Gasteiger partial charge in [-0.15, -0.1) is 0 Å². The summed E-state index contributed by atoms with van der Waals surface area (Å²) in [4.78, 5) is 30.5. The van der Waals surface area contributed by atoms with Gasteiger partial charge in [0, 0.05) is 18.3 Å². The van der Waals surface area contributed by atoms with Gasteiger partial charge in [-0.05, 0) is 26.0 Å². The van der Waals surface area contributed by atoms with Crippen LogP contribution in [0.1, 0.15) is 33.5 Å².